The molecule has 4 heteroatoms. The van der Waals surface area contributed by atoms with E-state index in [9.17, 15) is 4.79 Å². The van der Waals surface area contributed by atoms with Gasteiger partial charge in [0.05, 0.1) is 0 Å². The average Bonchev–Trinajstić information content (AvgIpc) is 2.27. The molecule has 0 saturated carbocycles. The van der Waals surface area contributed by atoms with E-state index in [0.29, 0.717) is 18.2 Å². The van der Waals surface area contributed by atoms with E-state index in [1.807, 2.05) is 24.0 Å². The van der Waals surface area contributed by atoms with Gasteiger partial charge in [-0.25, -0.2) is 0 Å². The van der Waals surface area contributed by atoms with Crippen molar-refractivity contribution in [3.63, 3.8) is 0 Å². The topological polar surface area (TPSA) is 59.2 Å². The van der Waals surface area contributed by atoms with Gasteiger partial charge in [-0.1, -0.05) is 13.0 Å². The molecule has 1 aromatic heterocycles. The largest absolute Gasteiger partial charge is 0.335 e. The number of amides is 1. The molecule has 1 fully saturated rings. The van der Waals surface area contributed by atoms with Crippen molar-refractivity contribution in [1.82, 2.24) is 9.88 Å². The molecule has 0 spiro atoms. The fraction of sp³-hybridized carbons (Fsp3) is 0.538. The Labute approximate surface area is 102 Å². The molecule has 2 N–H and O–H groups in total. The highest BCUT2D eigenvalue weighted by molar-refractivity contribution is 5.93. The third kappa shape index (κ3) is 2.64. The van der Waals surface area contributed by atoms with Crippen molar-refractivity contribution in [1.29, 1.82) is 0 Å². The third-order valence-electron chi connectivity index (χ3n) is 3.19. The number of aryl methyl sites for hydroxylation is 1. The van der Waals surface area contributed by atoms with Crippen LogP contribution in [0.15, 0.2) is 18.3 Å². The molecule has 92 valence electrons. The van der Waals surface area contributed by atoms with Crippen LogP contribution in [-0.4, -0.2) is 34.9 Å². The molecule has 1 aliphatic rings. The van der Waals surface area contributed by atoms with Gasteiger partial charge in [0, 0.05) is 25.3 Å². The van der Waals surface area contributed by atoms with Crippen molar-refractivity contribution in [2.75, 3.05) is 13.1 Å². The van der Waals surface area contributed by atoms with Crippen LogP contribution in [-0.2, 0) is 0 Å². The summed E-state index contributed by atoms with van der Waals surface area (Å²) in [5.74, 6) is 0.469. The Morgan fingerprint density at radius 1 is 1.53 bits per heavy atom. The molecule has 0 aliphatic carbocycles. The number of rotatable bonds is 1. The van der Waals surface area contributed by atoms with E-state index in [4.69, 9.17) is 5.73 Å². The van der Waals surface area contributed by atoms with E-state index >= 15 is 0 Å². The summed E-state index contributed by atoms with van der Waals surface area (Å²) in [6.45, 7) is 5.46. The third-order valence-corrected chi connectivity index (χ3v) is 3.19. The van der Waals surface area contributed by atoms with Crippen LogP contribution in [0.25, 0.3) is 0 Å². The summed E-state index contributed by atoms with van der Waals surface area (Å²) in [6, 6.07) is 3.84. The summed E-state index contributed by atoms with van der Waals surface area (Å²) in [6.07, 6.45) is 2.65. The Morgan fingerprint density at radius 2 is 2.29 bits per heavy atom. The fourth-order valence-corrected chi connectivity index (χ4v) is 2.42. The first-order valence-electron chi connectivity index (χ1n) is 6.04. The van der Waals surface area contributed by atoms with Crippen LogP contribution in [0.1, 0.15) is 29.4 Å². The van der Waals surface area contributed by atoms with Gasteiger partial charge in [0.25, 0.3) is 5.91 Å². The average molecular weight is 233 g/mol. The minimum atomic E-state index is 0.00472. The molecule has 2 heterocycles. The standard InChI is InChI=1S/C13H19N3O/c1-9-6-11(14)8-16(7-9)13(17)12-10(2)4-3-5-15-12/h3-5,9,11H,6-8,14H2,1-2H3. The van der Waals surface area contributed by atoms with E-state index < -0.39 is 0 Å². The Hall–Kier alpha value is -1.42. The molecule has 4 nitrogen and oxygen atoms in total. The number of nitrogens with two attached hydrogens (primary N) is 1. The summed E-state index contributed by atoms with van der Waals surface area (Å²) in [5, 5.41) is 0. The van der Waals surface area contributed by atoms with Crippen LogP contribution >= 0.6 is 0 Å². The Bertz CT molecular complexity index is 409. The molecule has 1 aliphatic heterocycles. The first-order chi connectivity index (χ1) is 8.08. The van der Waals surface area contributed by atoms with Gasteiger partial charge in [-0.2, -0.15) is 0 Å². The minimum absolute atomic E-state index is 0.00472. The van der Waals surface area contributed by atoms with Crippen LogP contribution in [0, 0.1) is 12.8 Å². The van der Waals surface area contributed by atoms with Gasteiger partial charge in [-0.05, 0) is 30.9 Å². The number of hydrogen-bond acceptors (Lipinski definition) is 3. The Morgan fingerprint density at radius 3 is 2.94 bits per heavy atom. The molecule has 2 rings (SSSR count). The van der Waals surface area contributed by atoms with E-state index in [2.05, 4.69) is 11.9 Å². The maximum absolute atomic E-state index is 12.3. The first kappa shape index (κ1) is 12.0. The number of piperidine rings is 1. The number of aromatic nitrogens is 1. The molecule has 2 atom stereocenters. The number of hydrogen-bond donors (Lipinski definition) is 1. The van der Waals surface area contributed by atoms with Gasteiger partial charge < -0.3 is 10.6 Å². The van der Waals surface area contributed by atoms with E-state index in [1.54, 1.807) is 6.20 Å². The van der Waals surface area contributed by atoms with E-state index in [1.165, 1.54) is 0 Å². The quantitative estimate of drug-likeness (QED) is 0.793. The summed E-state index contributed by atoms with van der Waals surface area (Å²) in [4.78, 5) is 18.3. The maximum Gasteiger partial charge on any atom is 0.272 e. The van der Waals surface area contributed by atoms with Crippen LogP contribution in [0.3, 0.4) is 0 Å². The highest BCUT2D eigenvalue weighted by Gasteiger charge is 2.27. The summed E-state index contributed by atoms with van der Waals surface area (Å²) in [5.41, 5.74) is 7.43. The molecule has 17 heavy (non-hydrogen) atoms. The van der Waals surface area contributed by atoms with Crippen molar-refractivity contribution in [3.8, 4) is 0 Å². The second-order valence-corrected chi connectivity index (χ2v) is 4.98. The van der Waals surface area contributed by atoms with Crippen LogP contribution < -0.4 is 5.73 Å². The molecular weight excluding hydrogens is 214 g/mol. The molecule has 0 radical (unpaired) electrons. The highest BCUT2D eigenvalue weighted by Crippen LogP contribution is 2.17. The number of carbonyl (C=O) groups is 1. The predicted octanol–water partition coefficient (Wildman–Crippen LogP) is 1.20. The lowest BCUT2D eigenvalue weighted by Crippen LogP contribution is -2.49. The highest BCUT2D eigenvalue weighted by atomic mass is 16.2. The van der Waals surface area contributed by atoms with Crippen molar-refractivity contribution >= 4 is 5.91 Å². The van der Waals surface area contributed by atoms with Crippen molar-refractivity contribution in [3.05, 3.63) is 29.6 Å². The SMILES string of the molecule is Cc1cccnc1C(=O)N1CC(C)CC(N)C1. The number of nitrogens with zero attached hydrogens (tertiary/aromatic N) is 2. The second kappa shape index (κ2) is 4.84. The zero-order valence-corrected chi connectivity index (χ0v) is 10.4. The van der Waals surface area contributed by atoms with Gasteiger partial charge in [0.2, 0.25) is 0 Å². The summed E-state index contributed by atoms with van der Waals surface area (Å²) >= 11 is 0. The maximum atomic E-state index is 12.3. The van der Waals surface area contributed by atoms with Crippen LogP contribution in [0.5, 0.6) is 0 Å². The molecule has 1 aromatic rings. The monoisotopic (exact) mass is 233 g/mol. The van der Waals surface area contributed by atoms with Gasteiger partial charge in [0.1, 0.15) is 5.69 Å². The normalized spacial score (nSPS) is 24.8. The molecular formula is C13H19N3O. The number of pyridine rings is 1. The van der Waals surface area contributed by atoms with Crippen molar-refractivity contribution in [2.45, 2.75) is 26.3 Å². The lowest BCUT2D eigenvalue weighted by molar-refractivity contribution is 0.0654. The number of carbonyl (C=O) groups excluding carboxylic acids is 1. The summed E-state index contributed by atoms with van der Waals surface area (Å²) < 4.78 is 0. The Balaban J connectivity index is 2.17. The molecule has 1 saturated heterocycles. The lowest BCUT2D eigenvalue weighted by Gasteiger charge is -2.34. The van der Waals surface area contributed by atoms with Gasteiger partial charge >= 0.3 is 0 Å². The summed E-state index contributed by atoms with van der Waals surface area (Å²) in [7, 11) is 0. The smallest absolute Gasteiger partial charge is 0.272 e. The first-order valence-corrected chi connectivity index (χ1v) is 6.04. The van der Waals surface area contributed by atoms with Crippen molar-refractivity contribution < 1.29 is 4.79 Å². The van der Waals surface area contributed by atoms with Gasteiger partial charge in [-0.15, -0.1) is 0 Å². The molecule has 2 unspecified atom stereocenters. The minimum Gasteiger partial charge on any atom is -0.335 e. The van der Waals surface area contributed by atoms with E-state index in [-0.39, 0.29) is 11.9 Å². The zero-order chi connectivity index (χ0) is 12.4. The Kier molecular flexibility index (Phi) is 3.43. The van der Waals surface area contributed by atoms with Crippen LogP contribution in [0.2, 0.25) is 0 Å². The molecule has 0 aromatic carbocycles. The van der Waals surface area contributed by atoms with E-state index in [0.717, 1.165) is 18.5 Å². The lowest BCUT2D eigenvalue weighted by atomic mass is 9.96. The van der Waals surface area contributed by atoms with Crippen molar-refractivity contribution in [2.24, 2.45) is 11.7 Å². The van der Waals surface area contributed by atoms with Crippen LogP contribution in [0.4, 0.5) is 0 Å². The molecule has 0 bridgehead atoms. The second-order valence-electron chi connectivity index (χ2n) is 4.98. The van der Waals surface area contributed by atoms with Gasteiger partial charge in [-0.3, -0.25) is 9.78 Å². The zero-order valence-electron chi connectivity index (χ0n) is 10.4. The van der Waals surface area contributed by atoms with Gasteiger partial charge in [0.15, 0.2) is 0 Å². The molecule has 1 amide bonds. The number of likely N-dealkylation sites (tertiary alicyclic amines) is 1. The fourth-order valence-electron chi connectivity index (χ4n) is 2.42. The predicted molar refractivity (Wildman–Crippen MR) is 66.6 cm³/mol.